The quantitative estimate of drug-likeness (QED) is 0.796. The lowest BCUT2D eigenvalue weighted by Gasteiger charge is -2.14. The van der Waals surface area contributed by atoms with Crippen LogP contribution in [0.1, 0.15) is 30.6 Å². The van der Waals surface area contributed by atoms with E-state index in [1.165, 1.54) is 14.2 Å². The topological polar surface area (TPSA) is 76.7 Å². The molecular weight excluding hydrogens is 272 g/mol. The molecule has 2 N–H and O–H groups in total. The third kappa shape index (κ3) is 4.66. The van der Waals surface area contributed by atoms with Gasteiger partial charge in [0, 0.05) is 6.04 Å². The van der Waals surface area contributed by atoms with E-state index >= 15 is 0 Å². The molecule has 0 aliphatic heterocycles. The van der Waals surface area contributed by atoms with Gasteiger partial charge in [-0.05, 0) is 25.5 Å². The summed E-state index contributed by atoms with van der Waals surface area (Å²) in [6.07, 6.45) is 0.833. The molecule has 0 aromatic heterocycles. The van der Waals surface area contributed by atoms with Gasteiger partial charge in [-0.1, -0.05) is 13.0 Å². The van der Waals surface area contributed by atoms with Crippen LogP contribution in [0.3, 0.4) is 0 Å². The summed E-state index contributed by atoms with van der Waals surface area (Å²) in [4.78, 5) is 23.9. The van der Waals surface area contributed by atoms with Crippen molar-refractivity contribution in [3.8, 4) is 11.5 Å². The number of carbonyl (C=O) groups excluding carboxylic acids is 2. The molecule has 0 aliphatic carbocycles. The molecular formula is C15H22N2O4. The van der Waals surface area contributed by atoms with Gasteiger partial charge in [-0.3, -0.25) is 9.59 Å². The summed E-state index contributed by atoms with van der Waals surface area (Å²) in [7, 11) is 2.95. The van der Waals surface area contributed by atoms with E-state index in [0.717, 1.165) is 6.42 Å². The lowest BCUT2D eigenvalue weighted by molar-refractivity contribution is -0.120. The number of benzene rings is 1. The number of amides is 2. The Morgan fingerprint density at radius 1 is 1.19 bits per heavy atom. The second-order valence-corrected chi connectivity index (χ2v) is 4.60. The number of rotatable bonds is 7. The number of nitrogens with one attached hydrogen (secondary N) is 2. The third-order valence-corrected chi connectivity index (χ3v) is 3.08. The smallest absolute Gasteiger partial charge is 0.259 e. The maximum Gasteiger partial charge on any atom is 0.259 e. The Kier molecular flexibility index (Phi) is 6.52. The highest BCUT2D eigenvalue weighted by Gasteiger charge is 2.18. The summed E-state index contributed by atoms with van der Waals surface area (Å²) >= 11 is 0. The zero-order chi connectivity index (χ0) is 15.8. The molecule has 0 fully saturated rings. The van der Waals surface area contributed by atoms with Crippen LogP contribution in [-0.2, 0) is 4.79 Å². The molecule has 0 radical (unpaired) electrons. The van der Waals surface area contributed by atoms with Gasteiger partial charge in [-0.2, -0.15) is 0 Å². The van der Waals surface area contributed by atoms with Gasteiger partial charge >= 0.3 is 0 Å². The van der Waals surface area contributed by atoms with E-state index in [1.807, 2.05) is 13.8 Å². The molecule has 0 heterocycles. The van der Waals surface area contributed by atoms with Crippen LogP contribution in [0.25, 0.3) is 0 Å². The van der Waals surface area contributed by atoms with E-state index < -0.39 is 5.91 Å². The van der Waals surface area contributed by atoms with Gasteiger partial charge in [0.15, 0.2) is 0 Å². The first kappa shape index (κ1) is 16.8. The van der Waals surface area contributed by atoms with Crippen molar-refractivity contribution in [1.29, 1.82) is 0 Å². The highest BCUT2D eigenvalue weighted by molar-refractivity contribution is 6.01. The van der Waals surface area contributed by atoms with Gasteiger partial charge in [0.1, 0.15) is 17.1 Å². The molecule has 1 rings (SSSR count). The predicted molar refractivity (Wildman–Crippen MR) is 79.8 cm³/mol. The standard InChI is InChI=1S/C15H22N2O4/c1-5-10(2)17-13(18)9-16-15(19)14-11(20-3)7-6-8-12(14)21-4/h6-8,10H,5,9H2,1-4H3,(H,16,19)(H,17,18). The van der Waals surface area contributed by atoms with Crippen molar-refractivity contribution in [3.05, 3.63) is 23.8 Å². The third-order valence-electron chi connectivity index (χ3n) is 3.08. The summed E-state index contributed by atoms with van der Waals surface area (Å²) in [6, 6.07) is 5.13. The Morgan fingerprint density at radius 2 is 1.76 bits per heavy atom. The van der Waals surface area contributed by atoms with Crippen molar-refractivity contribution < 1.29 is 19.1 Å². The summed E-state index contributed by atoms with van der Waals surface area (Å²) in [6.45, 7) is 3.79. The van der Waals surface area contributed by atoms with Gasteiger partial charge in [0.2, 0.25) is 5.91 Å². The molecule has 21 heavy (non-hydrogen) atoms. The Bertz CT molecular complexity index is 480. The molecule has 6 heteroatoms. The lowest BCUT2D eigenvalue weighted by atomic mass is 10.1. The molecule has 0 spiro atoms. The maximum atomic E-state index is 12.2. The second kappa shape index (κ2) is 8.14. The summed E-state index contributed by atoms with van der Waals surface area (Å²) in [5, 5.41) is 5.34. The van der Waals surface area contributed by atoms with Crippen LogP contribution in [0.15, 0.2) is 18.2 Å². The van der Waals surface area contributed by atoms with Crippen LogP contribution in [0.4, 0.5) is 0 Å². The molecule has 6 nitrogen and oxygen atoms in total. The Hall–Kier alpha value is -2.24. The van der Waals surface area contributed by atoms with Gasteiger partial charge in [-0.25, -0.2) is 0 Å². The number of ether oxygens (including phenoxy) is 2. The molecule has 0 saturated carbocycles. The van der Waals surface area contributed by atoms with Crippen molar-refractivity contribution in [2.24, 2.45) is 0 Å². The lowest BCUT2D eigenvalue weighted by Crippen LogP contribution is -2.40. The normalized spacial score (nSPS) is 11.4. The average molecular weight is 294 g/mol. The predicted octanol–water partition coefficient (Wildman–Crippen LogP) is 1.35. The number of carbonyl (C=O) groups is 2. The minimum atomic E-state index is -0.413. The molecule has 1 atom stereocenters. The molecule has 1 aromatic rings. The van der Waals surface area contributed by atoms with Gasteiger partial charge < -0.3 is 20.1 Å². The zero-order valence-corrected chi connectivity index (χ0v) is 12.9. The Labute approximate surface area is 124 Å². The van der Waals surface area contributed by atoms with Crippen LogP contribution in [0, 0.1) is 0 Å². The average Bonchev–Trinajstić information content (AvgIpc) is 2.51. The number of hydrogen-bond acceptors (Lipinski definition) is 4. The SMILES string of the molecule is CCC(C)NC(=O)CNC(=O)c1c(OC)cccc1OC. The number of methoxy groups -OCH3 is 2. The molecule has 0 bridgehead atoms. The maximum absolute atomic E-state index is 12.2. The van der Waals surface area contributed by atoms with Gasteiger partial charge in [0.25, 0.3) is 5.91 Å². The first-order valence-electron chi connectivity index (χ1n) is 6.82. The number of hydrogen-bond donors (Lipinski definition) is 2. The zero-order valence-electron chi connectivity index (χ0n) is 12.9. The van der Waals surface area contributed by atoms with Crippen LogP contribution >= 0.6 is 0 Å². The van der Waals surface area contributed by atoms with Crippen molar-refractivity contribution in [2.75, 3.05) is 20.8 Å². The van der Waals surface area contributed by atoms with E-state index in [0.29, 0.717) is 11.5 Å². The molecule has 116 valence electrons. The Morgan fingerprint density at radius 3 is 2.24 bits per heavy atom. The van der Waals surface area contributed by atoms with Crippen molar-refractivity contribution in [1.82, 2.24) is 10.6 Å². The molecule has 1 unspecified atom stereocenters. The monoisotopic (exact) mass is 294 g/mol. The summed E-state index contributed by atoms with van der Waals surface area (Å²) < 4.78 is 10.3. The van der Waals surface area contributed by atoms with Crippen LogP contribution in [0.2, 0.25) is 0 Å². The molecule has 0 aliphatic rings. The van der Waals surface area contributed by atoms with E-state index in [2.05, 4.69) is 10.6 Å². The van der Waals surface area contributed by atoms with Crippen molar-refractivity contribution >= 4 is 11.8 Å². The first-order valence-corrected chi connectivity index (χ1v) is 6.82. The highest BCUT2D eigenvalue weighted by atomic mass is 16.5. The first-order chi connectivity index (χ1) is 10.0. The van der Waals surface area contributed by atoms with E-state index in [9.17, 15) is 9.59 Å². The molecule has 1 aromatic carbocycles. The van der Waals surface area contributed by atoms with Crippen molar-refractivity contribution in [2.45, 2.75) is 26.3 Å². The van der Waals surface area contributed by atoms with E-state index in [4.69, 9.17) is 9.47 Å². The fourth-order valence-electron chi connectivity index (χ4n) is 1.75. The van der Waals surface area contributed by atoms with E-state index in [-0.39, 0.29) is 24.1 Å². The molecule has 0 saturated heterocycles. The van der Waals surface area contributed by atoms with Crippen LogP contribution in [0.5, 0.6) is 11.5 Å². The largest absolute Gasteiger partial charge is 0.496 e. The van der Waals surface area contributed by atoms with Crippen molar-refractivity contribution in [3.63, 3.8) is 0 Å². The highest BCUT2D eigenvalue weighted by Crippen LogP contribution is 2.27. The van der Waals surface area contributed by atoms with Gasteiger partial charge in [-0.15, -0.1) is 0 Å². The Balaban J connectivity index is 2.74. The minimum Gasteiger partial charge on any atom is -0.496 e. The summed E-state index contributed by atoms with van der Waals surface area (Å²) in [5.74, 6) is 0.151. The minimum absolute atomic E-state index is 0.0789. The van der Waals surface area contributed by atoms with E-state index in [1.54, 1.807) is 18.2 Å². The van der Waals surface area contributed by atoms with Crippen LogP contribution < -0.4 is 20.1 Å². The van der Waals surface area contributed by atoms with Crippen LogP contribution in [-0.4, -0.2) is 38.6 Å². The fourth-order valence-corrected chi connectivity index (χ4v) is 1.75. The second-order valence-electron chi connectivity index (χ2n) is 4.60. The van der Waals surface area contributed by atoms with Gasteiger partial charge in [0.05, 0.1) is 20.8 Å². The molecule has 2 amide bonds. The summed E-state index contributed by atoms with van der Waals surface area (Å²) in [5.41, 5.74) is 0.277. The fraction of sp³-hybridized carbons (Fsp3) is 0.467.